The summed E-state index contributed by atoms with van der Waals surface area (Å²) in [5.74, 6) is -0.253. The van der Waals surface area contributed by atoms with E-state index in [1.807, 2.05) is 30.7 Å². The molecular formula is C16H16ClN5O. The Morgan fingerprint density at radius 3 is 2.74 bits per heavy atom. The number of aromatic amines is 1. The monoisotopic (exact) mass is 329 g/mol. The SMILES string of the molecule is CCn1ncc(NC(=O)c2cc(-c3ccc(Cl)cc3)n[nH]2)c1C. The van der Waals surface area contributed by atoms with Crippen LogP contribution in [-0.4, -0.2) is 25.9 Å². The Kier molecular flexibility index (Phi) is 4.16. The second-order valence-corrected chi connectivity index (χ2v) is 5.52. The third kappa shape index (κ3) is 3.12. The summed E-state index contributed by atoms with van der Waals surface area (Å²) in [6, 6.07) is 8.99. The van der Waals surface area contributed by atoms with Crippen LogP contribution in [0.2, 0.25) is 5.02 Å². The average Bonchev–Trinajstić information content (AvgIpc) is 3.16. The van der Waals surface area contributed by atoms with E-state index in [0.717, 1.165) is 17.8 Å². The highest BCUT2D eigenvalue weighted by Crippen LogP contribution is 2.21. The molecule has 0 aliphatic heterocycles. The van der Waals surface area contributed by atoms with Crippen LogP contribution in [0.4, 0.5) is 5.69 Å². The highest BCUT2D eigenvalue weighted by molar-refractivity contribution is 6.30. The lowest BCUT2D eigenvalue weighted by Gasteiger charge is -2.03. The summed E-state index contributed by atoms with van der Waals surface area (Å²) < 4.78 is 1.82. The van der Waals surface area contributed by atoms with E-state index in [1.54, 1.807) is 24.4 Å². The molecule has 2 heterocycles. The molecule has 0 spiro atoms. The van der Waals surface area contributed by atoms with Gasteiger partial charge < -0.3 is 5.32 Å². The van der Waals surface area contributed by atoms with E-state index < -0.39 is 0 Å². The van der Waals surface area contributed by atoms with Gasteiger partial charge in [-0.2, -0.15) is 10.2 Å². The number of rotatable bonds is 4. The van der Waals surface area contributed by atoms with Gasteiger partial charge in [0.1, 0.15) is 5.69 Å². The maximum Gasteiger partial charge on any atom is 0.273 e. The second-order valence-electron chi connectivity index (χ2n) is 5.09. The van der Waals surface area contributed by atoms with Gasteiger partial charge in [0.2, 0.25) is 0 Å². The molecule has 0 atom stereocenters. The van der Waals surface area contributed by atoms with Crippen LogP contribution in [-0.2, 0) is 6.54 Å². The largest absolute Gasteiger partial charge is 0.318 e. The Morgan fingerprint density at radius 2 is 2.09 bits per heavy atom. The summed E-state index contributed by atoms with van der Waals surface area (Å²) in [6.45, 7) is 4.67. The van der Waals surface area contributed by atoms with Crippen molar-refractivity contribution < 1.29 is 4.79 Å². The lowest BCUT2D eigenvalue weighted by atomic mass is 10.1. The second kappa shape index (κ2) is 6.26. The molecule has 0 bridgehead atoms. The maximum absolute atomic E-state index is 12.3. The molecule has 118 valence electrons. The van der Waals surface area contributed by atoms with E-state index >= 15 is 0 Å². The summed E-state index contributed by atoms with van der Waals surface area (Å²) in [5, 5.41) is 14.6. The molecule has 2 aromatic heterocycles. The Bertz CT molecular complexity index is 835. The van der Waals surface area contributed by atoms with Gasteiger partial charge in [-0.25, -0.2) is 0 Å². The number of carbonyl (C=O) groups excluding carboxylic acids is 1. The number of nitrogens with zero attached hydrogens (tertiary/aromatic N) is 3. The number of hydrogen-bond donors (Lipinski definition) is 2. The molecule has 3 aromatic rings. The molecule has 0 aliphatic carbocycles. The molecule has 0 radical (unpaired) electrons. The van der Waals surface area contributed by atoms with Crippen molar-refractivity contribution in [3.8, 4) is 11.3 Å². The number of carbonyl (C=O) groups is 1. The smallest absolute Gasteiger partial charge is 0.273 e. The third-order valence-corrected chi connectivity index (χ3v) is 3.87. The van der Waals surface area contributed by atoms with Crippen LogP contribution in [0.1, 0.15) is 23.1 Å². The van der Waals surface area contributed by atoms with E-state index in [1.165, 1.54) is 0 Å². The van der Waals surface area contributed by atoms with Crippen LogP contribution in [0.15, 0.2) is 36.5 Å². The van der Waals surface area contributed by atoms with Crippen molar-refractivity contribution in [3.63, 3.8) is 0 Å². The Balaban J connectivity index is 1.78. The highest BCUT2D eigenvalue weighted by Gasteiger charge is 2.14. The predicted molar refractivity (Wildman–Crippen MR) is 89.6 cm³/mol. The van der Waals surface area contributed by atoms with E-state index in [0.29, 0.717) is 22.1 Å². The molecule has 0 unspecified atom stereocenters. The normalized spacial score (nSPS) is 10.7. The molecule has 1 amide bonds. The Morgan fingerprint density at radius 1 is 1.35 bits per heavy atom. The molecule has 0 saturated heterocycles. The Labute approximate surface area is 138 Å². The van der Waals surface area contributed by atoms with Crippen LogP contribution in [0, 0.1) is 6.92 Å². The standard InChI is InChI=1S/C16H16ClN5O/c1-3-22-10(2)15(9-18-22)19-16(23)14-8-13(20-21-14)11-4-6-12(17)7-5-11/h4-9H,3H2,1-2H3,(H,19,23)(H,20,21). The first-order chi connectivity index (χ1) is 11.1. The number of amides is 1. The molecule has 0 aliphatic rings. The fourth-order valence-electron chi connectivity index (χ4n) is 2.28. The lowest BCUT2D eigenvalue weighted by molar-refractivity contribution is 0.102. The topological polar surface area (TPSA) is 75.6 Å². The van der Waals surface area contributed by atoms with Gasteiger partial charge in [-0.15, -0.1) is 0 Å². The fraction of sp³-hybridized carbons (Fsp3) is 0.188. The predicted octanol–water partition coefficient (Wildman–Crippen LogP) is 3.51. The number of aryl methyl sites for hydroxylation is 1. The molecule has 3 rings (SSSR count). The van der Waals surface area contributed by atoms with Crippen LogP contribution >= 0.6 is 11.6 Å². The van der Waals surface area contributed by atoms with E-state index in [9.17, 15) is 4.79 Å². The van der Waals surface area contributed by atoms with Gasteiger partial charge in [-0.3, -0.25) is 14.6 Å². The molecular weight excluding hydrogens is 314 g/mol. The number of hydrogen-bond acceptors (Lipinski definition) is 3. The maximum atomic E-state index is 12.3. The quantitative estimate of drug-likeness (QED) is 0.769. The van der Waals surface area contributed by atoms with Gasteiger partial charge in [-0.1, -0.05) is 23.7 Å². The first-order valence-electron chi connectivity index (χ1n) is 7.23. The summed E-state index contributed by atoms with van der Waals surface area (Å²) in [7, 11) is 0. The third-order valence-electron chi connectivity index (χ3n) is 3.61. The van der Waals surface area contributed by atoms with Gasteiger partial charge in [0.15, 0.2) is 0 Å². The molecule has 1 aromatic carbocycles. The van der Waals surface area contributed by atoms with Crippen molar-refractivity contribution in [2.24, 2.45) is 0 Å². The summed E-state index contributed by atoms with van der Waals surface area (Å²) >= 11 is 5.87. The van der Waals surface area contributed by atoms with Crippen molar-refractivity contribution >= 4 is 23.2 Å². The minimum absolute atomic E-state index is 0.253. The van der Waals surface area contributed by atoms with Gasteiger partial charge in [-0.05, 0) is 32.0 Å². The molecule has 0 saturated carbocycles. The molecule has 2 N–H and O–H groups in total. The summed E-state index contributed by atoms with van der Waals surface area (Å²) in [4.78, 5) is 12.3. The fourth-order valence-corrected chi connectivity index (χ4v) is 2.41. The zero-order valence-corrected chi connectivity index (χ0v) is 13.6. The van der Waals surface area contributed by atoms with E-state index in [-0.39, 0.29) is 5.91 Å². The van der Waals surface area contributed by atoms with Gasteiger partial charge in [0, 0.05) is 17.1 Å². The summed E-state index contributed by atoms with van der Waals surface area (Å²) in [6.07, 6.45) is 1.65. The minimum Gasteiger partial charge on any atom is -0.318 e. The zero-order valence-electron chi connectivity index (χ0n) is 12.8. The number of benzene rings is 1. The van der Waals surface area contributed by atoms with E-state index in [4.69, 9.17) is 11.6 Å². The first kappa shape index (κ1) is 15.3. The van der Waals surface area contributed by atoms with E-state index in [2.05, 4.69) is 20.6 Å². The van der Waals surface area contributed by atoms with Crippen LogP contribution in [0.25, 0.3) is 11.3 Å². The van der Waals surface area contributed by atoms with Gasteiger partial charge in [0.05, 0.1) is 23.3 Å². The molecule has 0 fully saturated rings. The molecule has 6 nitrogen and oxygen atoms in total. The average molecular weight is 330 g/mol. The van der Waals surface area contributed by atoms with Crippen molar-refractivity contribution in [2.75, 3.05) is 5.32 Å². The first-order valence-corrected chi connectivity index (χ1v) is 7.61. The highest BCUT2D eigenvalue weighted by atomic mass is 35.5. The van der Waals surface area contributed by atoms with Crippen LogP contribution < -0.4 is 5.32 Å². The number of nitrogens with one attached hydrogen (secondary N) is 2. The minimum atomic E-state index is -0.253. The number of anilines is 1. The van der Waals surface area contributed by atoms with Crippen molar-refractivity contribution in [2.45, 2.75) is 20.4 Å². The van der Waals surface area contributed by atoms with Crippen LogP contribution in [0.5, 0.6) is 0 Å². The summed E-state index contributed by atoms with van der Waals surface area (Å²) in [5.41, 5.74) is 3.57. The molecule has 23 heavy (non-hydrogen) atoms. The van der Waals surface area contributed by atoms with Crippen LogP contribution in [0.3, 0.4) is 0 Å². The van der Waals surface area contributed by atoms with Gasteiger partial charge in [0.25, 0.3) is 5.91 Å². The number of H-pyrrole nitrogens is 1. The van der Waals surface area contributed by atoms with Crippen molar-refractivity contribution in [3.05, 3.63) is 52.9 Å². The lowest BCUT2D eigenvalue weighted by Crippen LogP contribution is -2.13. The number of halogens is 1. The Hall–Kier alpha value is -2.60. The zero-order chi connectivity index (χ0) is 16.4. The molecule has 7 heteroatoms. The number of aromatic nitrogens is 4. The van der Waals surface area contributed by atoms with Gasteiger partial charge >= 0.3 is 0 Å². The van der Waals surface area contributed by atoms with Crippen molar-refractivity contribution in [1.29, 1.82) is 0 Å². The van der Waals surface area contributed by atoms with Crippen molar-refractivity contribution in [1.82, 2.24) is 20.0 Å².